The topological polar surface area (TPSA) is 92.7 Å². The maximum Gasteiger partial charge on any atom is 1.00 e. The van der Waals surface area contributed by atoms with E-state index in [0.29, 0.717) is 0 Å². The van der Waals surface area contributed by atoms with Crippen molar-refractivity contribution >= 4 is 19.3 Å². The van der Waals surface area contributed by atoms with E-state index < -0.39 is 25.2 Å². The van der Waals surface area contributed by atoms with Gasteiger partial charge in [0.25, 0.3) is 0 Å². The maximum atomic E-state index is 11.0. The Labute approximate surface area is 93.7 Å². The van der Waals surface area contributed by atoms with Crippen molar-refractivity contribution in [3.05, 3.63) is 0 Å². The molecule has 0 radical (unpaired) electrons. The first kappa shape index (κ1) is 16.3. The largest absolute Gasteiger partial charge is 1.00 e. The average molecular weight is 216 g/mol. The Morgan fingerprint density at radius 3 is 2.00 bits per heavy atom. The van der Waals surface area contributed by atoms with E-state index in [9.17, 15) is 19.0 Å². The average Bonchev–Trinajstić information content (AvgIpc) is 1.99. The van der Waals surface area contributed by atoms with Gasteiger partial charge in [-0.15, -0.1) is 0 Å². The number of ketones is 1. The Hall–Kier alpha value is -0.113. The SMILES string of the molecule is COP(=O)([O-])C(OC(C)=O)C(C)=O.[Li+]. The van der Waals surface area contributed by atoms with Crippen LogP contribution < -0.4 is 23.8 Å². The minimum Gasteiger partial charge on any atom is -0.776 e. The zero-order valence-corrected chi connectivity index (χ0v) is 9.37. The molecule has 0 bridgehead atoms. The molecule has 0 aromatic rings. The maximum absolute atomic E-state index is 11.0. The van der Waals surface area contributed by atoms with Crippen molar-refractivity contribution in [2.75, 3.05) is 7.11 Å². The summed E-state index contributed by atoms with van der Waals surface area (Å²) >= 11 is 0. The summed E-state index contributed by atoms with van der Waals surface area (Å²) in [5.74, 6) is -3.49. The number of Topliss-reactive ketones (excluding diaryl/α,β-unsaturated/α-hetero) is 1. The molecule has 0 saturated carbocycles. The van der Waals surface area contributed by atoms with Crippen LogP contribution in [0.15, 0.2) is 0 Å². The van der Waals surface area contributed by atoms with Crippen LogP contribution in [-0.2, 0) is 23.4 Å². The second kappa shape index (κ2) is 6.39. The molecule has 0 aromatic carbocycles. The minimum absolute atomic E-state index is 0. The third-order valence-electron chi connectivity index (χ3n) is 1.17. The fraction of sp³-hybridized carbons (Fsp3) is 0.667. The van der Waals surface area contributed by atoms with Gasteiger partial charge in [-0.1, -0.05) is 0 Å². The van der Waals surface area contributed by atoms with Gasteiger partial charge >= 0.3 is 24.8 Å². The zero-order chi connectivity index (χ0) is 10.6. The van der Waals surface area contributed by atoms with Gasteiger partial charge in [0, 0.05) is 14.0 Å². The third kappa shape index (κ3) is 4.94. The number of carbonyl (C=O) groups excluding carboxylic acids is 2. The van der Waals surface area contributed by atoms with Crippen molar-refractivity contribution in [1.82, 2.24) is 0 Å². The first-order chi connectivity index (χ1) is 5.81. The van der Waals surface area contributed by atoms with Gasteiger partial charge in [-0.05, 0) is 6.92 Å². The van der Waals surface area contributed by atoms with E-state index in [1.54, 1.807) is 0 Å². The van der Waals surface area contributed by atoms with Crippen LogP contribution in [0.4, 0.5) is 0 Å². The molecule has 0 spiro atoms. The van der Waals surface area contributed by atoms with E-state index in [4.69, 9.17) is 0 Å². The van der Waals surface area contributed by atoms with Gasteiger partial charge in [-0.3, -0.25) is 9.59 Å². The second-order valence-electron chi connectivity index (χ2n) is 2.29. The van der Waals surface area contributed by atoms with Crippen LogP contribution in [0.5, 0.6) is 0 Å². The molecule has 0 fully saturated rings. The van der Waals surface area contributed by atoms with Crippen LogP contribution in [0.1, 0.15) is 13.8 Å². The van der Waals surface area contributed by atoms with Crippen molar-refractivity contribution in [2.45, 2.75) is 19.7 Å². The monoisotopic (exact) mass is 216 g/mol. The molecule has 76 valence electrons. The Morgan fingerprint density at radius 1 is 1.36 bits per heavy atom. The van der Waals surface area contributed by atoms with Gasteiger partial charge in [0.15, 0.2) is 13.4 Å². The summed E-state index contributed by atoms with van der Waals surface area (Å²) in [4.78, 5) is 32.2. The van der Waals surface area contributed by atoms with E-state index in [1.807, 2.05) is 0 Å². The summed E-state index contributed by atoms with van der Waals surface area (Å²) in [5, 5.41) is 0. The number of hydrogen-bond acceptors (Lipinski definition) is 6. The number of esters is 1. The molecule has 14 heavy (non-hydrogen) atoms. The van der Waals surface area contributed by atoms with E-state index in [1.165, 1.54) is 0 Å². The molecule has 0 aromatic heterocycles. The Bertz CT molecular complexity index is 265. The summed E-state index contributed by atoms with van der Waals surface area (Å²) in [6.45, 7) is 2.00. The van der Waals surface area contributed by atoms with Crippen molar-refractivity contribution < 1.29 is 47.2 Å². The number of carbonyl (C=O) groups is 2. The van der Waals surface area contributed by atoms with Gasteiger partial charge in [-0.25, -0.2) is 0 Å². The Kier molecular flexibility index (Phi) is 7.44. The summed E-state index contributed by atoms with van der Waals surface area (Å²) in [7, 11) is -3.54. The number of ether oxygens (including phenoxy) is 1. The molecule has 0 rings (SSSR count). The molecule has 0 aliphatic heterocycles. The van der Waals surface area contributed by atoms with E-state index in [0.717, 1.165) is 21.0 Å². The molecule has 2 atom stereocenters. The number of rotatable bonds is 4. The molecule has 8 heteroatoms. The van der Waals surface area contributed by atoms with Gasteiger partial charge in [0.1, 0.15) is 0 Å². The van der Waals surface area contributed by atoms with E-state index in [2.05, 4.69) is 9.26 Å². The molecule has 0 amide bonds. The summed E-state index contributed by atoms with van der Waals surface area (Å²) in [6, 6.07) is 0. The molecular formula is C6H10LiO6P. The molecular weight excluding hydrogens is 206 g/mol. The molecule has 6 nitrogen and oxygen atoms in total. The van der Waals surface area contributed by atoms with E-state index >= 15 is 0 Å². The van der Waals surface area contributed by atoms with Crippen molar-refractivity contribution in [2.24, 2.45) is 0 Å². The van der Waals surface area contributed by atoms with Gasteiger partial charge in [0.2, 0.25) is 5.85 Å². The fourth-order valence-corrected chi connectivity index (χ4v) is 1.54. The van der Waals surface area contributed by atoms with Crippen LogP contribution in [-0.4, -0.2) is 24.7 Å². The Morgan fingerprint density at radius 2 is 1.79 bits per heavy atom. The van der Waals surface area contributed by atoms with Gasteiger partial charge in [-0.2, -0.15) is 0 Å². The van der Waals surface area contributed by atoms with Crippen molar-refractivity contribution in [3.8, 4) is 0 Å². The van der Waals surface area contributed by atoms with Crippen molar-refractivity contribution in [1.29, 1.82) is 0 Å². The van der Waals surface area contributed by atoms with Crippen LogP contribution in [0, 0.1) is 0 Å². The first-order valence-corrected chi connectivity index (χ1v) is 4.96. The predicted molar refractivity (Wildman–Crippen MR) is 40.9 cm³/mol. The molecule has 0 aliphatic rings. The normalized spacial score (nSPS) is 16.0. The third-order valence-corrected chi connectivity index (χ3v) is 2.72. The van der Waals surface area contributed by atoms with Crippen LogP contribution in [0.2, 0.25) is 0 Å². The zero-order valence-electron chi connectivity index (χ0n) is 8.47. The quantitative estimate of drug-likeness (QED) is 0.277. The standard InChI is InChI=1S/C6H11O6P.Li/c1-4(7)6(12-5(2)8)13(9,10)11-3;/h6H,1-3H3,(H,9,10);/q;+1/p-1. The van der Waals surface area contributed by atoms with Crippen LogP contribution in [0.3, 0.4) is 0 Å². The Balaban J connectivity index is 0. The van der Waals surface area contributed by atoms with Crippen LogP contribution >= 0.6 is 7.60 Å². The first-order valence-electron chi connectivity index (χ1n) is 3.35. The molecule has 0 N–H and O–H groups in total. The van der Waals surface area contributed by atoms with Gasteiger partial charge in [0.05, 0.1) is 0 Å². The number of hydrogen-bond donors (Lipinski definition) is 0. The summed E-state index contributed by atoms with van der Waals surface area (Å²) < 4.78 is 19.3. The second-order valence-corrected chi connectivity index (χ2v) is 4.21. The summed E-state index contributed by atoms with van der Waals surface area (Å²) in [5.41, 5.74) is 0. The van der Waals surface area contributed by atoms with Crippen LogP contribution in [0.25, 0.3) is 0 Å². The summed E-state index contributed by atoms with van der Waals surface area (Å²) in [6.07, 6.45) is 0. The van der Waals surface area contributed by atoms with Crippen molar-refractivity contribution in [3.63, 3.8) is 0 Å². The molecule has 0 aliphatic carbocycles. The predicted octanol–water partition coefficient (Wildman–Crippen LogP) is -3.33. The van der Waals surface area contributed by atoms with Gasteiger partial charge < -0.3 is 18.7 Å². The minimum atomic E-state index is -4.44. The molecule has 0 heterocycles. The molecule has 2 unspecified atom stereocenters. The fourth-order valence-electron chi connectivity index (χ4n) is 0.623. The van der Waals surface area contributed by atoms with E-state index in [-0.39, 0.29) is 18.9 Å². The smallest absolute Gasteiger partial charge is 0.776 e. The molecule has 0 saturated heterocycles.